The molecule has 164 valence electrons. The molecule has 0 radical (unpaired) electrons. The number of benzene rings is 1. The number of furan rings is 1. The van der Waals surface area contributed by atoms with E-state index in [0.717, 1.165) is 11.0 Å². The van der Waals surface area contributed by atoms with Crippen LogP contribution in [-0.4, -0.2) is 26.7 Å². The van der Waals surface area contributed by atoms with E-state index in [0.29, 0.717) is 34.9 Å². The molecule has 9 heteroatoms. The monoisotopic (exact) mass is 432 g/mol. The van der Waals surface area contributed by atoms with Gasteiger partial charge in [-0.3, -0.25) is 4.79 Å². The van der Waals surface area contributed by atoms with E-state index < -0.39 is 0 Å². The third kappa shape index (κ3) is 4.61. The highest BCUT2D eigenvalue weighted by atomic mass is 16.3. The number of urea groups is 1. The molecule has 32 heavy (non-hydrogen) atoms. The number of nitrogens with one attached hydrogen (secondary N) is 3. The summed E-state index contributed by atoms with van der Waals surface area (Å²) in [6, 6.07) is 12.0. The number of hydrogen-bond donors (Lipinski definition) is 3. The number of hydrogen-bond acceptors (Lipinski definition) is 5. The molecule has 0 atom stereocenters. The van der Waals surface area contributed by atoms with E-state index >= 15 is 0 Å². The highest BCUT2D eigenvalue weighted by Crippen LogP contribution is 2.21. The Morgan fingerprint density at radius 3 is 2.47 bits per heavy atom. The zero-order chi connectivity index (χ0) is 22.7. The molecule has 1 aromatic carbocycles. The van der Waals surface area contributed by atoms with Gasteiger partial charge in [-0.1, -0.05) is 0 Å². The first-order chi connectivity index (χ1) is 15.4. The molecule has 0 unspecified atom stereocenters. The smallest absolute Gasteiger partial charge is 0.319 e. The number of aromatic nitrogens is 3. The number of carbonyl (C=O) groups is 2. The van der Waals surface area contributed by atoms with Crippen molar-refractivity contribution in [2.24, 2.45) is 0 Å². The Balaban J connectivity index is 1.39. The third-order valence-corrected chi connectivity index (χ3v) is 4.90. The number of carbonyl (C=O) groups excluding carboxylic acids is 2. The van der Waals surface area contributed by atoms with Crippen molar-refractivity contribution in [3.8, 4) is 0 Å². The first kappa shape index (κ1) is 21.1. The van der Waals surface area contributed by atoms with Crippen LogP contribution in [0, 0.1) is 6.92 Å². The lowest BCUT2D eigenvalue weighted by molar-refractivity contribution is 0.102. The van der Waals surface area contributed by atoms with E-state index in [9.17, 15) is 9.59 Å². The molecule has 3 N–H and O–H groups in total. The molecule has 0 aliphatic heterocycles. The van der Waals surface area contributed by atoms with Gasteiger partial charge in [-0.15, -0.1) is 0 Å². The Morgan fingerprint density at radius 2 is 1.81 bits per heavy atom. The molecule has 0 saturated carbocycles. The Labute approximate surface area is 184 Å². The maximum Gasteiger partial charge on any atom is 0.319 e. The largest absolute Gasteiger partial charge is 0.467 e. The van der Waals surface area contributed by atoms with Gasteiger partial charge < -0.3 is 20.4 Å². The summed E-state index contributed by atoms with van der Waals surface area (Å²) in [5.41, 5.74) is 3.08. The molecule has 3 amide bonds. The normalized spacial score (nSPS) is 11.0. The van der Waals surface area contributed by atoms with Gasteiger partial charge in [-0.05, 0) is 63.2 Å². The molecule has 0 spiro atoms. The van der Waals surface area contributed by atoms with E-state index in [2.05, 4.69) is 26.0 Å². The second-order valence-corrected chi connectivity index (χ2v) is 7.64. The van der Waals surface area contributed by atoms with Gasteiger partial charge in [0.2, 0.25) is 0 Å². The van der Waals surface area contributed by atoms with Crippen LogP contribution in [0.4, 0.5) is 16.2 Å². The maximum absolute atomic E-state index is 12.8. The van der Waals surface area contributed by atoms with E-state index in [1.807, 2.05) is 18.5 Å². The molecule has 4 aromatic rings. The summed E-state index contributed by atoms with van der Waals surface area (Å²) in [6.45, 7) is 6.16. The van der Waals surface area contributed by atoms with Crippen LogP contribution in [0.5, 0.6) is 0 Å². The van der Waals surface area contributed by atoms with Gasteiger partial charge in [-0.25, -0.2) is 14.5 Å². The lowest BCUT2D eigenvalue weighted by Crippen LogP contribution is -2.27. The Hall–Kier alpha value is -4.14. The first-order valence-corrected chi connectivity index (χ1v) is 10.2. The van der Waals surface area contributed by atoms with Crippen LogP contribution in [0.2, 0.25) is 0 Å². The molecule has 4 rings (SSSR count). The van der Waals surface area contributed by atoms with Gasteiger partial charge in [0.15, 0.2) is 5.65 Å². The van der Waals surface area contributed by atoms with Crippen molar-refractivity contribution >= 4 is 34.3 Å². The van der Waals surface area contributed by atoms with Crippen molar-refractivity contribution in [2.45, 2.75) is 33.4 Å². The van der Waals surface area contributed by atoms with Crippen LogP contribution < -0.4 is 16.0 Å². The Morgan fingerprint density at radius 1 is 1.09 bits per heavy atom. The lowest BCUT2D eigenvalue weighted by Gasteiger charge is -2.11. The minimum absolute atomic E-state index is 0.179. The summed E-state index contributed by atoms with van der Waals surface area (Å²) in [4.78, 5) is 29.4. The highest BCUT2D eigenvalue weighted by molar-refractivity contribution is 6.06. The summed E-state index contributed by atoms with van der Waals surface area (Å²) in [5, 5.41) is 13.5. The summed E-state index contributed by atoms with van der Waals surface area (Å²) in [5.74, 6) is 0.406. The van der Waals surface area contributed by atoms with Crippen LogP contribution in [0.3, 0.4) is 0 Å². The topological polar surface area (TPSA) is 114 Å². The second kappa shape index (κ2) is 8.93. The summed E-state index contributed by atoms with van der Waals surface area (Å²) >= 11 is 0. The van der Waals surface area contributed by atoms with Crippen molar-refractivity contribution in [1.82, 2.24) is 20.1 Å². The van der Waals surface area contributed by atoms with Gasteiger partial charge in [0.05, 0.1) is 30.3 Å². The second-order valence-electron chi connectivity index (χ2n) is 7.64. The summed E-state index contributed by atoms with van der Waals surface area (Å²) in [7, 11) is 0. The number of amides is 3. The van der Waals surface area contributed by atoms with Crippen molar-refractivity contribution in [2.75, 3.05) is 10.6 Å². The van der Waals surface area contributed by atoms with Crippen molar-refractivity contribution < 1.29 is 14.0 Å². The fourth-order valence-electron chi connectivity index (χ4n) is 3.26. The Kier molecular flexibility index (Phi) is 5.89. The predicted molar refractivity (Wildman–Crippen MR) is 122 cm³/mol. The average molecular weight is 432 g/mol. The zero-order valence-corrected chi connectivity index (χ0v) is 18.0. The van der Waals surface area contributed by atoms with E-state index in [1.165, 1.54) is 0 Å². The van der Waals surface area contributed by atoms with Crippen LogP contribution in [0.1, 0.15) is 41.7 Å². The molecule has 9 nitrogen and oxygen atoms in total. The number of aryl methyl sites for hydroxylation is 1. The standard InChI is InChI=1S/C23H24N6O3/c1-14(2)29-21-16(12-25-29)11-20(15(3)26-21)22(30)27-17-6-8-18(9-7-17)28-23(31)24-13-19-5-4-10-32-19/h4-12,14H,13H2,1-3H3,(H,27,30)(H2,24,28,31). The average Bonchev–Trinajstić information content (AvgIpc) is 3.42. The summed E-state index contributed by atoms with van der Waals surface area (Å²) in [6.07, 6.45) is 3.27. The molecule has 0 saturated heterocycles. The van der Waals surface area contributed by atoms with Crippen molar-refractivity contribution in [1.29, 1.82) is 0 Å². The highest BCUT2D eigenvalue weighted by Gasteiger charge is 2.15. The number of nitrogens with zero attached hydrogens (tertiary/aromatic N) is 3. The quantitative estimate of drug-likeness (QED) is 0.415. The summed E-state index contributed by atoms with van der Waals surface area (Å²) < 4.78 is 7.01. The number of rotatable bonds is 6. The molecular weight excluding hydrogens is 408 g/mol. The Bertz CT molecular complexity index is 1240. The molecule has 0 fully saturated rings. The van der Waals surface area contributed by atoms with Gasteiger partial charge in [0.1, 0.15) is 5.76 Å². The van der Waals surface area contributed by atoms with Crippen LogP contribution in [0.15, 0.2) is 59.3 Å². The van der Waals surface area contributed by atoms with E-state index in [-0.39, 0.29) is 18.0 Å². The van der Waals surface area contributed by atoms with Crippen LogP contribution in [-0.2, 0) is 6.54 Å². The van der Waals surface area contributed by atoms with Crippen molar-refractivity contribution in [3.05, 3.63) is 71.9 Å². The third-order valence-electron chi connectivity index (χ3n) is 4.90. The number of pyridine rings is 1. The minimum Gasteiger partial charge on any atom is -0.467 e. The molecule has 0 aliphatic rings. The number of anilines is 2. The zero-order valence-electron chi connectivity index (χ0n) is 18.0. The molecule has 3 heterocycles. The molecular formula is C23H24N6O3. The predicted octanol–water partition coefficient (Wildman–Crippen LogP) is 4.49. The van der Waals surface area contributed by atoms with Gasteiger partial charge in [0, 0.05) is 22.8 Å². The van der Waals surface area contributed by atoms with E-state index in [1.54, 1.807) is 61.8 Å². The first-order valence-electron chi connectivity index (χ1n) is 10.2. The maximum atomic E-state index is 12.8. The fraction of sp³-hybridized carbons (Fsp3) is 0.217. The van der Waals surface area contributed by atoms with Gasteiger partial charge in [0.25, 0.3) is 5.91 Å². The molecule has 0 aliphatic carbocycles. The van der Waals surface area contributed by atoms with E-state index in [4.69, 9.17) is 4.42 Å². The fourth-order valence-corrected chi connectivity index (χ4v) is 3.26. The number of fused-ring (bicyclic) bond motifs is 1. The SMILES string of the molecule is Cc1nc2c(cnn2C(C)C)cc1C(=O)Nc1ccc(NC(=O)NCc2ccco2)cc1. The molecule has 3 aromatic heterocycles. The van der Waals surface area contributed by atoms with Crippen LogP contribution in [0.25, 0.3) is 11.0 Å². The van der Waals surface area contributed by atoms with Crippen LogP contribution >= 0.6 is 0 Å². The molecule has 0 bridgehead atoms. The van der Waals surface area contributed by atoms with Gasteiger partial charge in [-0.2, -0.15) is 5.10 Å². The van der Waals surface area contributed by atoms with Crippen molar-refractivity contribution in [3.63, 3.8) is 0 Å². The lowest BCUT2D eigenvalue weighted by atomic mass is 10.1. The minimum atomic E-state index is -0.352. The van der Waals surface area contributed by atoms with Gasteiger partial charge >= 0.3 is 6.03 Å².